The number of anilines is 1. The van der Waals surface area contributed by atoms with Gasteiger partial charge in [0.25, 0.3) is 5.91 Å². The molecule has 0 bridgehead atoms. The molecule has 4 rings (SSSR count). The van der Waals surface area contributed by atoms with Crippen molar-refractivity contribution in [2.24, 2.45) is 0 Å². The molecule has 1 saturated carbocycles. The number of aryl methyl sites for hydroxylation is 1. The summed E-state index contributed by atoms with van der Waals surface area (Å²) in [7, 11) is 1.58. The minimum Gasteiger partial charge on any atom is -0.444 e. The van der Waals surface area contributed by atoms with Crippen molar-refractivity contribution in [3.8, 4) is 0 Å². The Morgan fingerprint density at radius 1 is 1.07 bits per heavy atom. The van der Waals surface area contributed by atoms with E-state index in [1.807, 2.05) is 30.6 Å². The molecule has 0 atom stereocenters. The third-order valence-electron chi connectivity index (χ3n) is 6.21. The minimum absolute atomic E-state index is 0.0457. The van der Waals surface area contributed by atoms with Crippen LogP contribution in [0.2, 0.25) is 0 Å². The molecule has 1 aliphatic carbocycles. The molecular formula is C24H34N2O4. The van der Waals surface area contributed by atoms with Crippen molar-refractivity contribution < 1.29 is 19.1 Å². The maximum absolute atomic E-state index is 12.8. The van der Waals surface area contributed by atoms with E-state index in [4.69, 9.17) is 9.47 Å². The molecule has 6 nitrogen and oxygen atoms in total. The summed E-state index contributed by atoms with van der Waals surface area (Å²) in [5.74, 6) is 0.585. The highest BCUT2D eigenvalue weighted by molar-refractivity contribution is 5.97. The molecule has 1 fully saturated rings. The van der Waals surface area contributed by atoms with Gasteiger partial charge in [-0.05, 0) is 87.5 Å². The van der Waals surface area contributed by atoms with Gasteiger partial charge in [-0.3, -0.25) is 4.79 Å². The molecule has 2 aliphatic heterocycles. The van der Waals surface area contributed by atoms with Gasteiger partial charge in [-0.2, -0.15) is 0 Å². The number of carbonyl (C=O) groups is 2. The quantitative estimate of drug-likeness (QED) is 0.754. The molecule has 0 aromatic heterocycles. The Morgan fingerprint density at radius 3 is 2.47 bits per heavy atom. The standard InChI is InChI=1S/C24H34N2O4/c1-24(2,3)30-23(28)25-12-9-17-14-18-6-5-11-26(20(27)15-29-4)22(18)21(16-7-8-16)19(17)10-13-25/h14,16H,5-13,15H2,1-4H3. The zero-order valence-electron chi connectivity index (χ0n) is 18.8. The normalized spacial score (nSPS) is 19.1. The smallest absolute Gasteiger partial charge is 0.410 e. The SMILES string of the molecule is COCC(=O)N1CCCc2cc3c(c(C4CC4)c21)CCN(C(=O)OC(C)(C)C)CC3. The first-order valence-electron chi connectivity index (χ1n) is 11.2. The molecule has 1 aromatic carbocycles. The third kappa shape index (κ3) is 4.34. The monoisotopic (exact) mass is 414 g/mol. The van der Waals surface area contributed by atoms with Crippen LogP contribution in [0, 0.1) is 0 Å². The van der Waals surface area contributed by atoms with E-state index in [0.29, 0.717) is 19.0 Å². The first-order chi connectivity index (χ1) is 14.3. The summed E-state index contributed by atoms with van der Waals surface area (Å²) >= 11 is 0. The van der Waals surface area contributed by atoms with E-state index in [2.05, 4.69) is 6.07 Å². The van der Waals surface area contributed by atoms with Crippen LogP contribution in [-0.2, 0) is 33.5 Å². The average molecular weight is 415 g/mol. The lowest BCUT2D eigenvalue weighted by Crippen LogP contribution is -2.39. The van der Waals surface area contributed by atoms with Gasteiger partial charge in [0.05, 0.1) is 5.69 Å². The fourth-order valence-electron chi connectivity index (χ4n) is 4.81. The molecule has 3 aliphatic rings. The van der Waals surface area contributed by atoms with Gasteiger partial charge in [-0.1, -0.05) is 6.07 Å². The maximum Gasteiger partial charge on any atom is 0.410 e. The summed E-state index contributed by atoms with van der Waals surface area (Å²) in [6.07, 6.45) is 5.79. The van der Waals surface area contributed by atoms with Gasteiger partial charge in [-0.25, -0.2) is 4.79 Å². The molecule has 0 unspecified atom stereocenters. The Kier molecular flexibility index (Phi) is 5.80. The van der Waals surface area contributed by atoms with Crippen LogP contribution in [0.15, 0.2) is 6.07 Å². The first-order valence-corrected chi connectivity index (χ1v) is 11.2. The number of methoxy groups -OCH3 is 1. The summed E-state index contributed by atoms with van der Waals surface area (Å²) in [5, 5.41) is 0. The molecule has 6 heteroatoms. The number of carbonyl (C=O) groups excluding carboxylic acids is 2. The van der Waals surface area contributed by atoms with Crippen LogP contribution >= 0.6 is 0 Å². The molecule has 1 aromatic rings. The second-order valence-electron chi connectivity index (χ2n) is 9.76. The minimum atomic E-state index is -0.489. The molecule has 2 amide bonds. The number of hydrogen-bond acceptors (Lipinski definition) is 4. The number of benzene rings is 1. The zero-order chi connectivity index (χ0) is 21.5. The molecule has 30 heavy (non-hydrogen) atoms. The van der Waals surface area contributed by atoms with Crippen molar-refractivity contribution in [2.45, 2.75) is 70.8 Å². The predicted molar refractivity (Wildman–Crippen MR) is 116 cm³/mol. The number of nitrogens with zero attached hydrogens (tertiary/aromatic N) is 2. The summed E-state index contributed by atoms with van der Waals surface area (Å²) in [5.41, 5.74) is 6.03. The fraction of sp³-hybridized carbons (Fsp3) is 0.667. The summed E-state index contributed by atoms with van der Waals surface area (Å²) in [6, 6.07) is 2.31. The Bertz CT molecular complexity index is 839. The highest BCUT2D eigenvalue weighted by Crippen LogP contribution is 2.50. The van der Waals surface area contributed by atoms with Crippen LogP contribution in [0.25, 0.3) is 0 Å². The van der Waals surface area contributed by atoms with Crippen LogP contribution < -0.4 is 4.90 Å². The number of fused-ring (bicyclic) bond motifs is 2. The predicted octanol–water partition coefficient (Wildman–Crippen LogP) is 3.83. The number of hydrogen-bond donors (Lipinski definition) is 0. The first kappa shape index (κ1) is 21.2. The van der Waals surface area contributed by atoms with Crippen LogP contribution in [-0.4, -0.2) is 55.9 Å². The molecule has 2 heterocycles. The van der Waals surface area contributed by atoms with Crippen molar-refractivity contribution in [3.05, 3.63) is 28.3 Å². The van der Waals surface area contributed by atoms with E-state index in [9.17, 15) is 9.59 Å². The molecule has 0 N–H and O–H groups in total. The van der Waals surface area contributed by atoms with Gasteiger partial charge in [-0.15, -0.1) is 0 Å². The topological polar surface area (TPSA) is 59.1 Å². The van der Waals surface area contributed by atoms with E-state index in [1.165, 1.54) is 35.1 Å². The van der Waals surface area contributed by atoms with Crippen molar-refractivity contribution >= 4 is 17.7 Å². The summed E-state index contributed by atoms with van der Waals surface area (Å²) in [4.78, 5) is 29.3. The zero-order valence-corrected chi connectivity index (χ0v) is 18.8. The van der Waals surface area contributed by atoms with E-state index in [1.54, 1.807) is 7.11 Å². The lowest BCUT2D eigenvalue weighted by atomic mass is 9.86. The van der Waals surface area contributed by atoms with Gasteiger partial charge in [0.1, 0.15) is 12.2 Å². The summed E-state index contributed by atoms with van der Waals surface area (Å²) in [6.45, 7) is 7.93. The second-order valence-corrected chi connectivity index (χ2v) is 9.76. The molecule has 0 spiro atoms. The van der Waals surface area contributed by atoms with Crippen LogP contribution in [0.4, 0.5) is 10.5 Å². The van der Waals surface area contributed by atoms with Crippen molar-refractivity contribution in [1.29, 1.82) is 0 Å². The molecular weight excluding hydrogens is 380 g/mol. The van der Waals surface area contributed by atoms with Crippen molar-refractivity contribution in [1.82, 2.24) is 4.90 Å². The summed E-state index contributed by atoms with van der Waals surface area (Å²) < 4.78 is 10.8. The van der Waals surface area contributed by atoms with E-state index < -0.39 is 5.60 Å². The average Bonchev–Trinajstić information content (AvgIpc) is 3.51. The molecule has 0 radical (unpaired) electrons. The van der Waals surface area contributed by atoms with Gasteiger partial charge >= 0.3 is 6.09 Å². The van der Waals surface area contributed by atoms with Gasteiger partial charge in [0, 0.05) is 26.7 Å². The Hall–Kier alpha value is -2.08. The third-order valence-corrected chi connectivity index (χ3v) is 6.21. The van der Waals surface area contributed by atoms with Crippen molar-refractivity contribution in [2.75, 3.05) is 38.3 Å². The Labute approximate surface area is 179 Å². The number of amides is 2. The second kappa shape index (κ2) is 8.22. The number of ether oxygens (including phenoxy) is 2. The molecule has 164 valence electrons. The molecule has 0 saturated heterocycles. The Balaban J connectivity index is 1.67. The van der Waals surface area contributed by atoms with E-state index in [-0.39, 0.29) is 18.6 Å². The van der Waals surface area contributed by atoms with Crippen molar-refractivity contribution in [3.63, 3.8) is 0 Å². The highest BCUT2D eigenvalue weighted by atomic mass is 16.6. The Morgan fingerprint density at radius 2 is 1.80 bits per heavy atom. The van der Waals surface area contributed by atoms with E-state index >= 15 is 0 Å². The lowest BCUT2D eigenvalue weighted by Gasteiger charge is -2.34. The lowest BCUT2D eigenvalue weighted by molar-refractivity contribution is -0.122. The van der Waals surface area contributed by atoms with Gasteiger partial charge in [0.15, 0.2) is 0 Å². The van der Waals surface area contributed by atoms with Crippen LogP contribution in [0.5, 0.6) is 0 Å². The van der Waals surface area contributed by atoms with Gasteiger partial charge < -0.3 is 19.3 Å². The van der Waals surface area contributed by atoms with E-state index in [0.717, 1.165) is 37.9 Å². The van der Waals surface area contributed by atoms with Gasteiger partial charge in [0.2, 0.25) is 0 Å². The largest absolute Gasteiger partial charge is 0.444 e. The fourth-order valence-corrected chi connectivity index (χ4v) is 4.81. The van der Waals surface area contributed by atoms with Crippen LogP contribution in [0.3, 0.4) is 0 Å². The maximum atomic E-state index is 12.8. The number of rotatable bonds is 3. The van der Waals surface area contributed by atoms with Crippen LogP contribution in [0.1, 0.15) is 68.2 Å². The highest BCUT2D eigenvalue weighted by Gasteiger charge is 2.37.